The zero-order valence-electron chi connectivity index (χ0n) is 11.8. The fraction of sp³-hybridized carbons (Fsp3) is 0.500. The van der Waals surface area contributed by atoms with Gasteiger partial charge in [-0.2, -0.15) is 0 Å². The first-order valence-electron chi connectivity index (χ1n) is 6.44. The molecule has 112 valence electrons. The summed E-state index contributed by atoms with van der Waals surface area (Å²) in [5, 5.41) is 5.78. The first-order valence-corrected chi connectivity index (χ1v) is 7.57. The molecule has 0 aliphatic rings. The van der Waals surface area contributed by atoms with E-state index in [0.29, 0.717) is 6.42 Å². The van der Waals surface area contributed by atoms with Crippen molar-refractivity contribution >= 4 is 46.4 Å². The van der Waals surface area contributed by atoms with Crippen LogP contribution in [0.1, 0.15) is 30.9 Å². The van der Waals surface area contributed by atoms with E-state index in [4.69, 9.17) is 34.8 Å². The summed E-state index contributed by atoms with van der Waals surface area (Å²) >= 11 is 17.8. The van der Waals surface area contributed by atoms with Gasteiger partial charge in [-0.3, -0.25) is 4.79 Å². The lowest BCUT2D eigenvalue weighted by molar-refractivity contribution is -0.121. The number of amides is 1. The Kier molecular flexibility index (Phi) is 6.44. The van der Waals surface area contributed by atoms with E-state index >= 15 is 0 Å². The van der Waals surface area contributed by atoms with E-state index in [2.05, 4.69) is 10.6 Å². The maximum atomic E-state index is 11.7. The molecule has 1 rings (SSSR count). The highest BCUT2D eigenvalue weighted by Crippen LogP contribution is 2.32. The zero-order valence-corrected chi connectivity index (χ0v) is 14.0. The Labute approximate surface area is 135 Å². The maximum Gasteiger partial charge on any atom is 0.228 e. The first kappa shape index (κ1) is 17.4. The summed E-state index contributed by atoms with van der Waals surface area (Å²) in [5.74, 6) is -0.152. The number of hydrogen-bond donors (Lipinski definition) is 2. The van der Waals surface area contributed by atoms with Crippen LogP contribution in [0.25, 0.3) is 0 Å². The molecule has 20 heavy (non-hydrogen) atoms. The van der Waals surface area contributed by atoms with E-state index in [9.17, 15) is 4.79 Å². The van der Waals surface area contributed by atoms with Crippen LogP contribution < -0.4 is 10.6 Å². The topological polar surface area (TPSA) is 41.1 Å². The number of rotatable bonds is 5. The Balaban J connectivity index is 2.87. The van der Waals surface area contributed by atoms with E-state index in [1.54, 1.807) is 0 Å². The second kappa shape index (κ2) is 7.39. The third-order valence-corrected chi connectivity index (χ3v) is 3.45. The van der Waals surface area contributed by atoms with Crippen LogP contribution in [0.15, 0.2) is 18.2 Å². The molecule has 0 radical (unpaired) electrons. The molecule has 0 heterocycles. The molecule has 0 saturated carbocycles. The zero-order chi connectivity index (χ0) is 15.3. The average molecular weight is 338 g/mol. The van der Waals surface area contributed by atoms with Crippen molar-refractivity contribution in [3.63, 3.8) is 0 Å². The van der Waals surface area contributed by atoms with Crippen molar-refractivity contribution in [2.24, 2.45) is 0 Å². The molecule has 0 fully saturated rings. The van der Waals surface area contributed by atoms with E-state index in [1.807, 2.05) is 39.0 Å². The number of alkyl halides is 3. The number of carbonyl (C=O) groups excluding carboxylic acids is 1. The first-order chi connectivity index (χ1) is 9.24. The fourth-order valence-electron chi connectivity index (χ4n) is 1.79. The van der Waals surface area contributed by atoms with Gasteiger partial charge in [0.1, 0.15) is 6.17 Å². The number of nitrogens with one attached hydrogen (secondary N) is 2. The highest BCUT2D eigenvalue weighted by molar-refractivity contribution is 6.68. The third kappa shape index (κ3) is 5.39. The summed E-state index contributed by atoms with van der Waals surface area (Å²) in [4.78, 5) is 11.7. The minimum Gasteiger partial charge on any atom is -0.362 e. The van der Waals surface area contributed by atoms with Crippen LogP contribution in [0.3, 0.4) is 0 Å². The van der Waals surface area contributed by atoms with Crippen LogP contribution in [-0.4, -0.2) is 15.9 Å². The van der Waals surface area contributed by atoms with Crippen molar-refractivity contribution in [1.82, 2.24) is 5.32 Å². The SMILES string of the molecule is CCCC(=O)NC(Nc1ccc(C)cc1C)C(Cl)(Cl)Cl. The van der Waals surface area contributed by atoms with Gasteiger partial charge in [-0.25, -0.2) is 0 Å². The molecule has 0 spiro atoms. The van der Waals surface area contributed by atoms with Crippen LogP contribution >= 0.6 is 34.8 Å². The molecular formula is C14H19Cl3N2O. The number of anilines is 1. The minimum atomic E-state index is -1.64. The number of carbonyl (C=O) groups is 1. The van der Waals surface area contributed by atoms with Gasteiger partial charge in [0.15, 0.2) is 0 Å². The summed E-state index contributed by atoms with van der Waals surface area (Å²) in [6, 6.07) is 5.88. The molecule has 1 unspecified atom stereocenters. The highest BCUT2D eigenvalue weighted by atomic mass is 35.6. The fourth-order valence-corrected chi connectivity index (χ4v) is 2.12. The molecule has 0 aliphatic heterocycles. The molecule has 2 N–H and O–H groups in total. The molecule has 6 heteroatoms. The highest BCUT2D eigenvalue weighted by Gasteiger charge is 2.34. The van der Waals surface area contributed by atoms with Crippen LogP contribution in [0, 0.1) is 13.8 Å². The van der Waals surface area contributed by atoms with Crippen molar-refractivity contribution in [1.29, 1.82) is 0 Å². The lowest BCUT2D eigenvalue weighted by Crippen LogP contribution is -2.49. The number of halogens is 3. The summed E-state index contributed by atoms with van der Waals surface area (Å²) in [7, 11) is 0. The van der Waals surface area contributed by atoms with E-state index in [1.165, 1.54) is 0 Å². The monoisotopic (exact) mass is 336 g/mol. The molecule has 3 nitrogen and oxygen atoms in total. The predicted octanol–water partition coefficient (Wildman–Crippen LogP) is 4.33. The third-order valence-electron chi connectivity index (χ3n) is 2.79. The Morgan fingerprint density at radius 1 is 1.30 bits per heavy atom. The molecule has 0 bridgehead atoms. The van der Waals surface area contributed by atoms with Gasteiger partial charge in [-0.15, -0.1) is 0 Å². The number of hydrogen-bond acceptors (Lipinski definition) is 2. The van der Waals surface area contributed by atoms with Gasteiger partial charge >= 0.3 is 0 Å². The summed E-state index contributed by atoms with van der Waals surface area (Å²) in [5.41, 5.74) is 2.99. The van der Waals surface area contributed by atoms with Gasteiger partial charge in [-0.1, -0.05) is 59.4 Å². The molecule has 1 aromatic rings. The van der Waals surface area contributed by atoms with Crippen molar-refractivity contribution in [3.8, 4) is 0 Å². The molecule has 1 amide bonds. The second-order valence-corrected chi connectivity index (χ2v) is 7.12. The lowest BCUT2D eigenvalue weighted by Gasteiger charge is -2.28. The Morgan fingerprint density at radius 3 is 2.45 bits per heavy atom. The molecule has 0 saturated heterocycles. The largest absolute Gasteiger partial charge is 0.362 e. The maximum absolute atomic E-state index is 11.7. The van der Waals surface area contributed by atoms with Crippen molar-refractivity contribution in [2.75, 3.05) is 5.32 Å². The van der Waals surface area contributed by atoms with Crippen molar-refractivity contribution < 1.29 is 4.79 Å². The Bertz CT molecular complexity index is 472. The average Bonchev–Trinajstić information content (AvgIpc) is 2.30. The van der Waals surface area contributed by atoms with E-state index in [0.717, 1.165) is 23.2 Å². The lowest BCUT2D eigenvalue weighted by atomic mass is 10.1. The van der Waals surface area contributed by atoms with Crippen LogP contribution in [0.4, 0.5) is 5.69 Å². The molecule has 1 aromatic carbocycles. The van der Waals surface area contributed by atoms with E-state index < -0.39 is 9.96 Å². The molecule has 0 aromatic heterocycles. The van der Waals surface area contributed by atoms with Crippen LogP contribution in [0.5, 0.6) is 0 Å². The second-order valence-electron chi connectivity index (χ2n) is 4.75. The van der Waals surface area contributed by atoms with E-state index in [-0.39, 0.29) is 5.91 Å². The predicted molar refractivity (Wildman–Crippen MR) is 86.7 cm³/mol. The van der Waals surface area contributed by atoms with Gasteiger partial charge in [0.25, 0.3) is 0 Å². The molecule has 0 aliphatic carbocycles. The van der Waals surface area contributed by atoms with Gasteiger partial charge < -0.3 is 10.6 Å². The van der Waals surface area contributed by atoms with Gasteiger partial charge in [0, 0.05) is 12.1 Å². The molecular weight excluding hydrogens is 319 g/mol. The van der Waals surface area contributed by atoms with Gasteiger partial charge in [-0.05, 0) is 31.9 Å². The Hall–Kier alpha value is -0.640. The van der Waals surface area contributed by atoms with Crippen LogP contribution in [0.2, 0.25) is 0 Å². The number of aryl methyl sites for hydroxylation is 2. The number of benzene rings is 1. The minimum absolute atomic E-state index is 0.152. The smallest absolute Gasteiger partial charge is 0.228 e. The quantitative estimate of drug-likeness (QED) is 0.620. The normalized spacial score (nSPS) is 12.9. The summed E-state index contributed by atoms with van der Waals surface area (Å²) < 4.78 is -1.64. The molecule has 1 atom stereocenters. The van der Waals surface area contributed by atoms with Crippen molar-refractivity contribution in [2.45, 2.75) is 43.6 Å². The van der Waals surface area contributed by atoms with Gasteiger partial charge in [0.05, 0.1) is 0 Å². The van der Waals surface area contributed by atoms with Crippen molar-refractivity contribution in [3.05, 3.63) is 29.3 Å². The van der Waals surface area contributed by atoms with Gasteiger partial charge in [0.2, 0.25) is 9.70 Å². The standard InChI is InChI=1S/C14H19Cl3N2O/c1-4-5-12(20)19-13(14(15,16)17)18-11-7-6-9(2)8-10(11)3/h6-8,13,18H,4-5H2,1-3H3,(H,19,20). The Morgan fingerprint density at radius 2 is 1.95 bits per heavy atom. The van der Waals surface area contributed by atoms with Crippen LogP contribution in [-0.2, 0) is 4.79 Å². The summed E-state index contributed by atoms with van der Waals surface area (Å²) in [6.07, 6.45) is 0.348. The summed E-state index contributed by atoms with van der Waals surface area (Å²) in [6.45, 7) is 5.88.